The number of nitrogens with zero attached hydrogens (tertiary/aromatic N) is 3. The molecule has 0 atom stereocenters. The number of anilines is 1. The van der Waals surface area contributed by atoms with Crippen LogP contribution in [0, 0.1) is 0 Å². The summed E-state index contributed by atoms with van der Waals surface area (Å²) in [4.78, 5) is 7.33. The number of likely N-dealkylation sites (N-methyl/N-ethyl adjacent to an activating group) is 1. The number of hydrogen-bond acceptors (Lipinski definition) is 4. The SMILES string of the molecule is CN(CCN)CCN1CCN(c2ccccc2)CC1. The molecule has 1 aliphatic heterocycles. The minimum Gasteiger partial charge on any atom is -0.369 e. The quantitative estimate of drug-likeness (QED) is 0.818. The summed E-state index contributed by atoms with van der Waals surface area (Å²) in [7, 11) is 2.15. The highest BCUT2D eigenvalue weighted by atomic mass is 15.3. The molecule has 19 heavy (non-hydrogen) atoms. The number of benzene rings is 1. The largest absolute Gasteiger partial charge is 0.369 e. The van der Waals surface area contributed by atoms with Crippen LogP contribution in [-0.4, -0.2) is 69.2 Å². The van der Waals surface area contributed by atoms with Gasteiger partial charge in [-0.3, -0.25) is 4.90 Å². The molecular formula is C15H26N4. The average Bonchev–Trinajstić information content (AvgIpc) is 2.47. The van der Waals surface area contributed by atoms with Gasteiger partial charge in [-0.05, 0) is 19.2 Å². The Hall–Kier alpha value is -1.10. The van der Waals surface area contributed by atoms with Crippen LogP contribution >= 0.6 is 0 Å². The molecule has 2 N–H and O–H groups in total. The summed E-state index contributed by atoms with van der Waals surface area (Å²) in [6, 6.07) is 10.7. The average molecular weight is 262 g/mol. The van der Waals surface area contributed by atoms with Gasteiger partial charge in [0.05, 0.1) is 0 Å². The summed E-state index contributed by atoms with van der Waals surface area (Å²) < 4.78 is 0. The Labute approximate surface area is 116 Å². The molecule has 0 spiro atoms. The van der Waals surface area contributed by atoms with E-state index in [-0.39, 0.29) is 0 Å². The van der Waals surface area contributed by atoms with Crippen molar-refractivity contribution in [1.29, 1.82) is 0 Å². The number of nitrogens with two attached hydrogens (primary N) is 1. The van der Waals surface area contributed by atoms with Gasteiger partial charge in [0.2, 0.25) is 0 Å². The van der Waals surface area contributed by atoms with Crippen molar-refractivity contribution < 1.29 is 0 Å². The standard InChI is InChI=1S/C15H26N4/c1-17(8-7-16)9-10-18-11-13-19(14-12-18)15-5-3-2-4-6-15/h2-6H,7-14,16H2,1H3. The Morgan fingerprint density at radius 3 is 2.37 bits per heavy atom. The summed E-state index contributed by atoms with van der Waals surface area (Å²) >= 11 is 0. The maximum Gasteiger partial charge on any atom is 0.0367 e. The van der Waals surface area contributed by atoms with Crippen molar-refractivity contribution in [2.24, 2.45) is 5.73 Å². The number of rotatable bonds is 6. The number of piperazine rings is 1. The van der Waals surface area contributed by atoms with Gasteiger partial charge in [-0.2, -0.15) is 0 Å². The summed E-state index contributed by atoms with van der Waals surface area (Å²) in [5.74, 6) is 0. The molecule has 0 saturated carbocycles. The molecule has 0 unspecified atom stereocenters. The Kier molecular flexibility index (Phi) is 5.63. The van der Waals surface area contributed by atoms with Crippen molar-refractivity contribution in [3.63, 3.8) is 0 Å². The van der Waals surface area contributed by atoms with E-state index in [0.717, 1.165) is 52.4 Å². The minimum absolute atomic E-state index is 0.748. The smallest absolute Gasteiger partial charge is 0.0367 e. The molecule has 4 heteroatoms. The predicted octanol–water partition coefficient (Wildman–Crippen LogP) is 0.699. The Bertz CT molecular complexity index is 346. The van der Waals surface area contributed by atoms with Crippen LogP contribution in [0.15, 0.2) is 30.3 Å². The van der Waals surface area contributed by atoms with Gasteiger partial charge in [0.1, 0.15) is 0 Å². The van der Waals surface area contributed by atoms with Crippen LogP contribution in [0.5, 0.6) is 0 Å². The van der Waals surface area contributed by atoms with E-state index in [9.17, 15) is 0 Å². The lowest BCUT2D eigenvalue weighted by atomic mass is 10.2. The molecule has 0 amide bonds. The van der Waals surface area contributed by atoms with Gasteiger partial charge in [-0.15, -0.1) is 0 Å². The molecule has 106 valence electrons. The molecule has 0 radical (unpaired) electrons. The maximum atomic E-state index is 5.56. The van der Waals surface area contributed by atoms with Crippen molar-refractivity contribution in [2.45, 2.75) is 0 Å². The zero-order chi connectivity index (χ0) is 13.5. The molecule has 1 aromatic rings. The zero-order valence-corrected chi connectivity index (χ0v) is 12.0. The normalized spacial score (nSPS) is 17.1. The Morgan fingerprint density at radius 2 is 1.74 bits per heavy atom. The van der Waals surface area contributed by atoms with E-state index in [0.29, 0.717) is 0 Å². The van der Waals surface area contributed by atoms with Crippen LogP contribution in [0.1, 0.15) is 0 Å². The Balaban J connectivity index is 1.71. The fraction of sp³-hybridized carbons (Fsp3) is 0.600. The van der Waals surface area contributed by atoms with Crippen LogP contribution in [0.3, 0.4) is 0 Å². The lowest BCUT2D eigenvalue weighted by molar-refractivity contribution is 0.217. The van der Waals surface area contributed by atoms with Gasteiger partial charge in [0, 0.05) is 58.0 Å². The first-order valence-corrected chi connectivity index (χ1v) is 7.20. The summed E-state index contributed by atoms with van der Waals surface area (Å²) in [6.45, 7) is 8.58. The van der Waals surface area contributed by atoms with E-state index >= 15 is 0 Å². The van der Waals surface area contributed by atoms with E-state index in [2.05, 4.69) is 52.1 Å². The summed E-state index contributed by atoms with van der Waals surface area (Å²) in [5.41, 5.74) is 6.91. The second-order valence-corrected chi connectivity index (χ2v) is 5.26. The van der Waals surface area contributed by atoms with E-state index in [1.807, 2.05) is 0 Å². The lowest BCUT2D eigenvalue weighted by Crippen LogP contribution is -2.48. The van der Waals surface area contributed by atoms with Crippen molar-refractivity contribution in [2.75, 3.05) is 64.3 Å². The molecular weight excluding hydrogens is 236 g/mol. The first kappa shape index (κ1) is 14.3. The molecule has 1 fully saturated rings. The topological polar surface area (TPSA) is 35.7 Å². The second kappa shape index (κ2) is 7.48. The fourth-order valence-corrected chi connectivity index (χ4v) is 2.51. The molecule has 0 aliphatic carbocycles. The zero-order valence-electron chi connectivity index (χ0n) is 12.0. The van der Waals surface area contributed by atoms with E-state index < -0.39 is 0 Å². The molecule has 1 aliphatic rings. The highest BCUT2D eigenvalue weighted by molar-refractivity contribution is 5.46. The molecule has 0 bridgehead atoms. The third kappa shape index (κ3) is 4.49. The second-order valence-electron chi connectivity index (χ2n) is 5.26. The van der Waals surface area contributed by atoms with Crippen LogP contribution in [-0.2, 0) is 0 Å². The van der Waals surface area contributed by atoms with E-state index in [4.69, 9.17) is 5.73 Å². The van der Waals surface area contributed by atoms with Gasteiger partial charge in [-0.1, -0.05) is 18.2 Å². The molecule has 1 saturated heterocycles. The number of para-hydroxylation sites is 1. The van der Waals surface area contributed by atoms with Gasteiger partial charge in [-0.25, -0.2) is 0 Å². The third-order valence-electron chi connectivity index (χ3n) is 3.80. The van der Waals surface area contributed by atoms with Crippen LogP contribution in [0.4, 0.5) is 5.69 Å². The molecule has 2 rings (SSSR count). The van der Waals surface area contributed by atoms with Gasteiger partial charge in [0.25, 0.3) is 0 Å². The first-order valence-electron chi connectivity index (χ1n) is 7.20. The molecule has 0 aromatic heterocycles. The third-order valence-corrected chi connectivity index (χ3v) is 3.80. The first-order chi connectivity index (χ1) is 9.29. The lowest BCUT2D eigenvalue weighted by Gasteiger charge is -2.36. The summed E-state index contributed by atoms with van der Waals surface area (Å²) in [6.07, 6.45) is 0. The number of hydrogen-bond donors (Lipinski definition) is 1. The molecule has 4 nitrogen and oxygen atoms in total. The van der Waals surface area contributed by atoms with Crippen LogP contribution in [0.2, 0.25) is 0 Å². The van der Waals surface area contributed by atoms with Gasteiger partial charge < -0.3 is 15.5 Å². The van der Waals surface area contributed by atoms with Crippen molar-refractivity contribution >= 4 is 5.69 Å². The van der Waals surface area contributed by atoms with Gasteiger partial charge >= 0.3 is 0 Å². The maximum absolute atomic E-state index is 5.56. The highest BCUT2D eigenvalue weighted by Gasteiger charge is 2.16. The van der Waals surface area contributed by atoms with Gasteiger partial charge in [0.15, 0.2) is 0 Å². The Morgan fingerprint density at radius 1 is 1.05 bits per heavy atom. The van der Waals surface area contributed by atoms with Crippen LogP contribution in [0.25, 0.3) is 0 Å². The fourth-order valence-electron chi connectivity index (χ4n) is 2.51. The van der Waals surface area contributed by atoms with Crippen molar-refractivity contribution in [3.05, 3.63) is 30.3 Å². The van der Waals surface area contributed by atoms with Crippen molar-refractivity contribution in [3.8, 4) is 0 Å². The minimum atomic E-state index is 0.748. The van der Waals surface area contributed by atoms with E-state index in [1.165, 1.54) is 5.69 Å². The van der Waals surface area contributed by atoms with Crippen molar-refractivity contribution in [1.82, 2.24) is 9.80 Å². The summed E-state index contributed by atoms with van der Waals surface area (Å²) in [5, 5.41) is 0. The van der Waals surface area contributed by atoms with E-state index in [1.54, 1.807) is 0 Å². The monoisotopic (exact) mass is 262 g/mol. The molecule has 1 heterocycles. The van der Waals surface area contributed by atoms with Crippen LogP contribution < -0.4 is 10.6 Å². The highest BCUT2D eigenvalue weighted by Crippen LogP contribution is 2.15. The predicted molar refractivity (Wildman–Crippen MR) is 81.6 cm³/mol. The molecule has 1 aromatic carbocycles.